The maximum Gasteiger partial charge on any atom is 0.0936 e. The molecule has 0 bridgehead atoms. The number of nitrogens with zero attached hydrogens (tertiary/aromatic N) is 1. The fourth-order valence-corrected chi connectivity index (χ4v) is 1.70. The molecule has 2 saturated carbocycles. The number of hydrogen-bond donors (Lipinski definition) is 0. The lowest BCUT2D eigenvalue weighted by atomic mass is 9.81. The molecular formula is C6H7N. The second-order valence-electron chi connectivity index (χ2n) is 3.06. The molecule has 3 rings (SSSR count). The molecule has 1 aliphatic heterocycles. The van der Waals surface area contributed by atoms with Crippen LogP contribution in [0.5, 0.6) is 0 Å². The molecular weight excluding hydrogens is 86.1 g/mol. The standard InChI is InChI=1S/C6H7N/c1-2-6(1)3-4-5(6)7-4/h5H,1-3H2. The first-order valence-electron chi connectivity index (χ1n) is 2.97. The molecule has 0 aromatic heterocycles. The average molecular weight is 93.1 g/mol. The van der Waals surface area contributed by atoms with Gasteiger partial charge in [0.15, 0.2) is 0 Å². The molecule has 0 aromatic rings. The van der Waals surface area contributed by atoms with Crippen LogP contribution in [0.15, 0.2) is 4.99 Å². The Morgan fingerprint density at radius 2 is 2.43 bits per heavy atom. The molecule has 2 fully saturated rings. The molecule has 1 atom stereocenters. The Bertz CT molecular complexity index is 165. The van der Waals surface area contributed by atoms with Gasteiger partial charge in [-0.3, -0.25) is 4.99 Å². The van der Waals surface area contributed by atoms with Gasteiger partial charge >= 0.3 is 0 Å². The van der Waals surface area contributed by atoms with E-state index in [0.29, 0.717) is 0 Å². The van der Waals surface area contributed by atoms with E-state index in [0.717, 1.165) is 11.5 Å². The molecule has 0 saturated heterocycles. The molecule has 0 amide bonds. The van der Waals surface area contributed by atoms with Crippen LogP contribution in [0.2, 0.25) is 0 Å². The predicted octanol–water partition coefficient (Wildman–Crippen LogP) is 0.994. The zero-order valence-electron chi connectivity index (χ0n) is 4.15. The second kappa shape index (κ2) is 0.504. The summed E-state index contributed by atoms with van der Waals surface area (Å²) >= 11 is 0. The maximum absolute atomic E-state index is 4.30. The summed E-state index contributed by atoms with van der Waals surface area (Å²) in [6.45, 7) is 0. The molecule has 1 unspecified atom stereocenters. The van der Waals surface area contributed by atoms with Crippen molar-refractivity contribution in [2.75, 3.05) is 0 Å². The molecule has 7 heavy (non-hydrogen) atoms. The van der Waals surface area contributed by atoms with Crippen LogP contribution in [0, 0.1) is 5.41 Å². The highest BCUT2D eigenvalue weighted by Gasteiger charge is 2.65. The lowest BCUT2D eigenvalue weighted by Crippen LogP contribution is -2.27. The Morgan fingerprint density at radius 3 is 2.57 bits per heavy atom. The first-order chi connectivity index (χ1) is 3.41. The van der Waals surface area contributed by atoms with Crippen LogP contribution in [0.4, 0.5) is 0 Å². The Labute approximate surface area is 42.4 Å². The number of rotatable bonds is 0. The van der Waals surface area contributed by atoms with E-state index in [1.54, 1.807) is 0 Å². The molecule has 1 nitrogen and oxygen atoms in total. The van der Waals surface area contributed by atoms with E-state index in [9.17, 15) is 0 Å². The van der Waals surface area contributed by atoms with E-state index >= 15 is 0 Å². The van der Waals surface area contributed by atoms with Crippen molar-refractivity contribution >= 4 is 5.71 Å². The summed E-state index contributed by atoms with van der Waals surface area (Å²) in [5, 5.41) is 0. The van der Waals surface area contributed by atoms with Crippen molar-refractivity contribution in [2.45, 2.75) is 25.3 Å². The van der Waals surface area contributed by atoms with Crippen molar-refractivity contribution in [1.82, 2.24) is 0 Å². The molecule has 0 radical (unpaired) electrons. The minimum absolute atomic E-state index is 0.799. The first kappa shape index (κ1) is 2.85. The minimum Gasteiger partial charge on any atom is -0.282 e. The smallest absolute Gasteiger partial charge is 0.0936 e. The van der Waals surface area contributed by atoms with Gasteiger partial charge in [-0.1, -0.05) is 0 Å². The van der Waals surface area contributed by atoms with Gasteiger partial charge in [-0.15, -0.1) is 0 Å². The Hall–Kier alpha value is -0.330. The van der Waals surface area contributed by atoms with Gasteiger partial charge in [0.25, 0.3) is 0 Å². The molecule has 1 heterocycles. The summed E-state index contributed by atoms with van der Waals surface area (Å²) in [5.41, 5.74) is 2.33. The van der Waals surface area contributed by atoms with Gasteiger partial charge in [0.2, 0.25) is 0 Å². The highest BCUT2D eigenvalue weighted by Crippen LogP contribution is 2.65. The third-order valence-corrected chi connectivity index (χ3v) is 2.55. The summed E-state index contributed by atoms with van der Waals surface area (Å²) < 4.78 is 0. The quantitative estimate of drug-likeness (QED) is 0.423. The fraction of sp³-hybridized carbons (Fsp3) is 0.833. The van der Waals surface area contributed by atoms with Gasteiger partial charge in [-0.2, -0.15) is 0 Å². The lowest BCUT2D eigenvalue weighted by molar-refractivity contribution is 0.487. The molecule has 0 N–H and O–H groups in total. The third-order valence-electron chi connectivity index (χ3n) is 2.55. The van der Waals surface area contributed by atoms with E-state index in [1.807, 2.05) is 0 Å². The van der Waals surface area contributed by atoms with E-state index in [2.05, 4.69) is 4.99 Å². The van der Waals surface area contributed by atoms with Crippen LogP contribution in [0.1, 0.15) is 19.3 Å². The normalized spacial score (nSPS) is 46.9. The Morgan fingerprint density at radius 1 is 1.57 bits per heavy atom. The first-order valence-corrected chi connectivity index (χ1v) is 2.97. The fourth-order valence-electron chi connectivity index (χ4n) is 1.70. The summed E-state index contributed by atoms with van der Waals surface area (Å²) in [6.07, 6.45) is 4.33. The highest BCUT2D eigenvalue weighted by molar-refractivity contribution is 6.08. The molecule has 2 aliphatic carbocycles. The average Bonchev–Trinajstić information content (AvgIpc) is 2.27. The van der Waals surface area contributed by atoms with Gasteiger partial charge in [0.05, 0.1) is 6.04 Å². The summed E-state index contributed by atoms with van der Waals surface area (Å²) in [6, 6.07) is 0.799. The zero-order chi connectivity index (χ0) is 4.48. The number of aliphatic imine (C=N–C) groups is 1. The monoisotopic (exact) mass is 93.1 g/mol. The lowest BCUT2D eigenvalue weighted by Gasteiger charge is -2.18. The van der Waals surface area contributed by atoms with Crippen LogP contribution in [0.25, 0.3) is 0 Å². The van der Waals surface area contributed by atoms with Crippen LogP contribution in [0.3, 0.4) is 0 Å². The van der Waals surface area contributed by atoms with Gasteiger partial charge < -0.3 is 0 Å². The largest absolute Gasteiger partial charge is 0.282 e. The molecule has 0 aromatic carbocycles. The van der Waals surface area contributed by atoms with Crippen molar-refractivity contribution in [3.63, 3.8) is 0 Å². The van der Waals surface area contributed by atoms with Gasteiger partial charge in [-0.25, -0.2) is 0 Å². The molecule has 36 valence electrons. The summed E-state index contributed by atoms with van der Waals surface area (Å²) in [7, 11) is 0. The molecule has 3 aliphatic rings. The molecule has 1 spiro atoms. The van der Waals surface area contributed by atoms with Crippen LogP contribution < -0.4 is 0 Å². The van der Waals surface area contributed by atoms with Gasteiger partial charge in [-0.05, 0) is 19.3 Å². The van der Waals surface area contributed by atoms with Crippen molar-refractivity contribution in [3.8, 4) is 0 Å². The van der Waals surface area contributed by atoms with Crippen molar-refractivity contribution in [1.29, 1.82) is 0 Å². The van der Waals surface area contributed by atoms with Crippen LogP contribution >= 0.6 is 0 Å². The van der Waals surface area contributed by atoms with Crippen LogP contribution in [-0.2, 0) is 0 Å². The second-order valence-corrected chi connectivity index (χ2v) is 3.06. The topological polar surface area (TPSA) is 12.4 Å². The number of hydrogen-bond acceptors (Lipinski definition) is 1. The summed E-state index contributed by atoms with van der Waals surface area (Å²) in [4.78, 5) is 4.30. The van der Waals surface area contributed by atoms with E-state index < -0.39 is 0 Å². The Balaban J connectivity index is 2.06. The summed E-state index contributed by atoms with van der Waals surface area (Å²) in [5.74, 6) is 0. The minimum atomic E-state index is 0.799. The maximum atomic E-state index is 4.30. The Kier molecular flexibility index (Phi) is 0.205. The predicted molar refractivity (Wildman–Crippen MR) is 27.5 cm³/mol. The molecule has 1 heteroatoms. The van der Waals surface area contributed by atoms with Crippen molar-refractivity contribution < 1.29 is 0 Å². The zero-order valence-corrected chi connectivity index (χ0v) is 4.15. The van der Waals surface area contributed by atoms with Gasteiger partial charge in [0.1, 0.15) is 0 Å². The van der Waals surface area contributed by atoms with Crippen molar-refractivity contribution in [3.05, 3.63) is 0 Å². The van der Waals surface area contributed by atoms with E-state index in [-0.39, 0.29) is 0 Å². The SMILES string of the molecule is C1CC12CC1=NC12. The third kappa shape index (κ3) is 0.163. The van der Waals surface area contributed by atoms with E-state index in [1.165, 1.54) is 25.0 Å². The highest BCUT2D eigenvalue weighted by atomic mass is 15.1. The van der Waals surface area contributed by atoms with Crippen LogP contribution in [-0.4, -0.2) is 11.8 Å². The van der Waals surface area contributed by atoms with Crippen molar-refractivity contribution in [2.24, 2.45) is 10.4 Å². The number of fused-ring (bicyclic) bond motifs is 2. The van der Waals surface area contributed by atoms with Gasteiger partial charge in [0, 0.05) is 11.1 Å². The van der Waals surface area contributed by atoms with E-state index in [4.69, 9.17) is 0 Å².